The molecular formula is C15H23N3O2. The molecular weight excluding hydrogens is 254 g/mol. The monoisotopic (exact) mass is 277 g/mol. The van der Waals surface area contributed by atoms with Crippen molar-refractivity contribution in [3.8, 4) is 5.88 Å². The molecule has 1 aliphatic heterocycles. The Morgan fingerprint density at radius 1 is 1.60 bits per heavy atom. The summed E-state index contributed by atoms with van der Waals surface area (Å²) in [5.41, 5.74) is 0.916. The van der Waals surface area contributed by atoms with E-state index in [9.17, 15) is 4.79 Å². The van der Waals surface area contributed by atoms with Crippen LogP contribution in [0.2, 0.25) is 0 Å². The molecule has 0 spiro atoms. The quantitative estimate of drug-likeness (QED) is 0.827. The van der Waals surface area contributed by atoms with E-state index in [1.807, 2.05) is 26.0 Å². The molecule has 1 unspecified atom stereocenters. The summed E-state index contributed by atoms with van der Waals surface area (Å²) in [4.78, 5) is 16.1. The lowest BCUT2D eigenvalue weighted by atomic mass is 10.0. The third-order valence-corrected chi connectivity index (χ3v) is 3.31. The van der Waals surface area contributed by atoms with Gasteiger partial charge in [0.2, 0.25) is 11.8 Å². The summed E-state index contributed by atoms with van der Waals surface area (Å²) in [7, 11) is 0. The van der Waals surface area contributed by atoms with E-state index in [1.54, 1.807) is 6.20 Å². The van der Waals surface area contributed by atoms with Crippen molar-refractivity contribution in [1.82, 2.24) is 15.6 Å². The summed E-state index contributed by atoms with van der Waals surface area (Å²) in [6, 6.07) is 3.79. The van der Waals surface area contributed by atoms with Crippen LogP contribution in [0.15, 0.2) is 18.3 Å². The highest BCUT2D eigenvalue weighted by molar-refractivity contribution is 5.76. The Morgan fingerprint density at radius 2 is 2.45 bits per heavy atom. The first-order chi connectivity index (χ1) is 9.65. The van der Waals surface area contributed by atoms with Gasteiger partial charge in [0, 0.05) is 24.7 Å². The van der Waals surface area contributed by atoms with Gasteiger partial charge in [-0.05, 0) is 45.3 Å². The molecule has 1 aromatic rings. The fraction of sp³-hybridized carbons (Fsp3) is 0.600. The lowest BCUT2D eigenvalue weighted by Gasteiger charge is -2.14. The fourth-order valence-corrected chi connectivity index (χ4v) is 2.30. The molecule has 1 saturated heterocycles. The third-order valence-electron chi connectivity index (χ3n) is 3.31. The van der Waals surface area contributed by atoms with Gasteiger partial charge in [-0.15, -0.1) is 0 Å². The Balaban J connectivity index is 1.84. The number of carbonyl (C=O) groups is 1. The number of ether oxygens (including phenoxy) is 1. The summed E-state index contributed by atoms with van der Waals surface area (Å²) in [5.74, 6) is 1.17. The maximum absolute atomic E-state index is 11.9. The van der Waals surface area contributed by atoms with Gasteiger partial charge < -0.3 is 15.4 Å². The van der Waals surface area contributed by atoms with Gasteiger partial charge in [0.25, 0.3) is 0 Å². The van der Waals surface area contributed by atoms with Gasteiger partial charge in [-0.1, -0.05) is 6.07 Å². The first kappa shape index (κ1) is 14.8. The van der Waals surface area contributed by atoms with Gasteiger partial charge in [0.15, 0.2) is 0 Å². The third kappa shape index (κ3) is 4.49. The van der Waals surface area contributed by atoms with Crippen molar-refractivity contribution in [2.75, 3.05) is 13.1 Å². The van der Waals surface area contributed by atoms with Gasteiger partial charge in [-0.2, -0.15) is 0 Å². The zero-order chi connectivity index (χ0) is 14.4. The topological polar surface area (TPSA) is 63.2 Å². The number of nitrogens with zero attached hydrogens (tertiary/aromatic N) is 1. The smallest absolute Gasteiger partial charge is 0.220 e. The first-order valence-corrected chi connectivity index (χ1v) is 7.23. The number of pyridine rings is 1. The van der Waals surface area contributed by atoms with E-state index in [1.165, 1.54) is 0 Å². The fourth-order valence-electron chi connectivity index (χ4n) is 2.30. The zero-order valence-corrected chi connectivity index (χ0v) is 12.2. The number of aromatic nitrogens is 1. The molecule has 1 atom stereocenters. The maximum Gasteiger partial charge on any atom is 0.220 e. The van der Waals surface area contributed by atoms with Crippen LogP contribution in [0.25, 0.3) is 0 Å². The second-order valence-corrected chi connectivity index (χ2v) is 5.47. The normalized spacial score (nSPS) is 18.2. The van der Waals surface area contributed by atoms with Crippen molar-refractivity contribution in [2.24, 2.45) is 5.92 Å². The van der Waals surface area contributed by atoms with Gasteiger partial charge in [-0.3, -0.25) is 4.79 Å². The lowest BCUT2D eigenvalue weighted by molar-refractivity contribution is -0.122. The summed E-state index contributed by atoms with van der Waals surface area (Å²) in [6.07, 6.45) is 3.45. The standard InChI is InChI=1S/C15H23N3O2/c1-11(2)20-15-13(4-3-6-17-15)10-18-14(19)8-12-5-7-16-9-12/h3-4,6,11-12,16H,5,7-10H2,1-2H3,(H,18,19). The molecule has 0 bridgehead atoms. The van der Waals surface area contributed by atoms with E-state index >= 15 is 0 Å². The number of carbonyl (C=O) groups excluding carboxylic acids is 1. The van der Waals surface area contributed by atoms with Crippen LogP contribution in [0.3, 0.4) is 0 Å². The maximum atomic E-state index is 11.9. The summed E-state index contributed by atoms with van der Waals surface area (Å²) in [5, 5.41) is 6.22. The van der Waals surface area contributed by atoms with Crippen molar-refractivity contribution in [3.63, 3.8) is 0 Å². The molecule has 0 aliphatic carbocycles. The number of hydrogen-bond acceptors (Lipinski definition) is 4. The molecule has 110 valence electrons. The molecule has 5 heteroatoms. The zero-order valence-electron chi connectivity index (χ0n) is 12.2. The summed E-state index contributed by atoms with van der Waals surface area (Å²) in [6.45, 7) is 6.36. The van der Waals surface area contributed by atoms with E-state index in [0.717, 1.165) is 25.1 Å². The minimum Gasteiger partial charge on any atom is -0.475 e. The highest BCUT2D eigenvalue weighted by atomic mass is 16.5. The minimum atomic E-state index is 0.0731. The minimum absolute atomic E-state index is 0.0731. The van der Waals surface area contributed by atoms with Crippen LogP contribution in [0.4, 0.5) is 0 Å². The van der Waals surface area contributed by atoms with Crippen molar-refractivity contribution in [1.29, 1.82) is 0 Å². The van der Waals surface area contributed by atoms with Crippen LogP contribution in [-0.2, 0) is 11.3 Å². The molecule has 5 nitrogen and oxygen atoms in total. The van der Waals surface area contributed by atoms with Gasteiger partial charge in [0.05, 0.1) is 6.10 Å². The van der Waals surface area contributed by atoms with Crippen LogP contribution in [0.5, 0.6) is 5.88 Å². The van der Waals surface area contributed by atoms with E-state index in [4.69, 9.17) is 4.74 Å². The molecule has 1 amide bonds. The molecule has 2 N–H and O–H groups in total. The molecule has 0 radical (unpaired) electrons. The molecule has 20 heavy (non-hydrogen) atoms. The molecule has 0 aromatic carbocycles. The van der Waals surface area contributed by atoms with Crippen LogP contribution in [0.1, 0.15) is 32.3 Å². The van der Waals surface area contributed by atoms with Crippen LogP contribution in [0, 0.1) is 5.92 Å². The van der Waals surface area contributed by atoms with Crippen molar-refractivity contribution >= 4 is 5.91 Å². The van der Waals surface area contributed by atoms with Crippen LogP contribution in [-0.4, -0.2) is 30.1 Å². The highest BCUT2D eigenvalue weighted by Gasteiger charge is 2.18. The van der Waals surface area contributed by atoms with E-state index in [2.05, 4.69) is 15.6 Å². The van der Waals surface area contributed by atoms with Gasteiger partial charge in [-0.25, -0.2) is 4.98 Å². The molecule has 2 rings (SSSR count). The average molecular weight is 277 g/mol. The van der Waals surface area contributed by atoms with E-state index < -0.39 is 0 Å². The van der Waals surface area contributed by atoms with Crippen LogP contribution >= 0.6 is 0 Å². The first-order valence-electron chi connectivity index (χ1n) is 7.23. The second-order valence-electron chi connectivity index (χ2n) is 5.47. The number of amides is 1. The number of nitrogens with one attached hydrogen (secondary N) is 2. The Bertz CT molecular complexity index is 442. The Morgan fingerprint density at radius 3 is 3.15 bits per heavy atom. The summed E-state index contributed by atoms with van der Waals surface area (Å²) < 4.78 is 5.64. The van der Waals surface area contributed by atoms with Crippen molar-refractivity contribution < 1.29 is 9.53 Å². The summed E-state index contributed by atoms with van der Waals surface area (Å²) >= 11 is 0. The van der Waals surface area contributed by atoms with Crippen LogP contribution < -0.4 is 15.4 Å². The van der Waals surface area contributed by atoms with Gasteiger partial charge in [0.1, 0.15) is 0 Å². The number of rotatable bonds is 6. The lowest BCUT2D eigenvalue weighted by Crippen LogP contribution is -2.26. The Labute approximate surface area is 120 Å². The molecule has 2 heterocycles. The predicted molar refractivity (Wildman–Crippen MR) is 77.4 cm³/mol. The predicted octanol–water partition coefficient (Wildman–Crippen LogP) is 1.48. The largest absolute Gasteiger partial charge is 0.475 e. The van der Waals surface area contributed by atoms with E-state index in [-0.39, 0.29) is 12.0 Å². The highest BCUT2D eigenvalue weighted by Crippen LogP contribution is 2.16. The average Bonchev–Trinajstić information content (AvgIpc) is 2.90. The van der Waals surface area contributed by atoms with E-state index in [0.29, 0.717) is 24.8 Å². The molecule has 1 fully saturated rings. The van der Waals surface area contributed by atoms with Crippen molar-refractivity contribution in [2.45, 2.75) is 39.3 Å². The SMILES string of the molecule is CC(C)Oc1ncccc1CNC(=O)CC1CCNC1. The Kier molecular flexibility index (Phi) is 5.35. The molecule has 1 aromatic heterocycles. The van der Waals surface area contributed by atoms with Crippen molar-refractivity contribution in [3.05, 3.63) is 23.9 Å². The molecule has 0 saturated carbocycles. The number of hydrogen-bond donors (Lipinski definition) is 2. The molecule has 1 aliphatic rings. The Hall–Kier alpha value is -1.62. The second kappa shape index (κ2) is 7.24. The van der Waals surface area contributed by atoms with Gasteiger partial charge >= 0.3 is 0 Å².